The van der Waals surface area contributed by atoms with Crippen LogP contribution >= 0.6 is 17.9 Å². The Bertz CT molecular complexity index is 155. The second-order valence-corrected chi connectivity index (χ2v) is 8.13. The first-order chi connectivity index (χ1) is 6.12. The third kappa shape index (κ3) is 12.6. The fourth-order valence-corrected chi connectivity index (χ4v) is 2.42. The summed E-state index contributed by atoms with van der Waals surface area (Å²) in [7, 11) is 0. The molecule has 0 aromatic heterocycles. The van der Waals surface area contributed by atoms with Crippen molar-refractivity contribution in [3.8, 4) is 0 Å². The van der Waals surface area contributed by atoms with Crippen molar-refractivity contribution in [2.24, 2.45) is 0 Å². The zero-order valence-corrected chi connectivity index (χ0v) is 15.1. The SMILES string of the molecule is CCCCOP(=S)(S)OCCCC.[K]. The van der Waals surface area contributed by atoms with Crippen LogP contribution in [0.1, 0.15) is 39.5 Å². The monoisotopic (exact) mass is 281 g/mol. The molecular weight excluding hydrogens is 262 g/mol. The van der Waals surface area contributed by atoms with Gasteiger partial charge in [-0.2, -0.15) is 0 Å². The van der Waals surface area contributed by atoms with Crippen LogP contribution in [0.15, 0.2) is 0 Å². The summed E-state index contributed by atoms with van der Waals surface area (Å²) in [4.78, 5) is 0. The third-order valence-corrected chi connectivity index (χ3v) is 3.85. The first-order valence-electron chi connectivity index (χ1n) is 4.74. The zero-order valence-electron chi connectivity index (χ0n) is 9.36. The number of unbranched alkanes of at least 4 members (excludes halogenated alkanes) is 2. The van der Waals surface area contributed by atoms with E-state index in [1.165, 1.54) is 0 Å². The summed E-state index contributed by atoms with van der Waals surface area (Å²) in [6, 6.07) is 0. The molecule has 0 heterocycles. The predicted octanol–water partition coefficient (Wildman–Crippen LogP) is 3.39. The van der Waals surface area contributed by atoms with E-state index in [0.29, 0.717) is 13.2 Å². The van der Waals surface area contributed by atoms with Gasteiger partial charge in [-0.3, -0.25) is 0 Å². The van der Waals surface area contributed by atoms with Crippen molar-refractivity contribution in [1.82, 2.24) is 0 Å². The van der Waals surface area contributed by atoms with E-state index in [2.05, 4.69) is 26.1 Å². The molecule has 0 aromatic carbocycles. The second-order valence-electron chi connectivity index (χ2n) is 2.84. The Kier molecular flexibility index (Phi) is 16.2. The maximum Gasteiger partial charge on any atom is 0.244 e. The minimum Gasteiger partial charge on any atom is -0.322 e. The topological polar surface area (TPSA) is 18.5 Å². The van der Waals surface area contributed by atoms with Gasteiger partial charge in [-0.25, -0.2) is 0 Å². The van der Waals surface area contributed by atoms with E-state index in [0.717, 1.165) is 25.7 Å². The average Bonchev–Trinajstić information content (AvgIpc) is 2.05. The summed E-state index contributed by atoms with van der Waals surface area (Å²) in [6.45, 7) is 5.57. The molecule has 0 aliphatic rings. The van der Waals surface area contributed by atoms with Crippen LogP contribution in [0.3, 0.4) is 0 Å². The van der Waals surface area contributed by atoms with E-state index in [1.807, 2.05) is 0 Å². The minimum atomic E-state index is -2.22. The molecule has 0 fully saturated rings. The molecule has 0 aromatic rings. The first kappa shape index (κ1) is 18.9. The Labute approximate surface area is 141 Å². The minimum absolute atomic E-state index is 0. The Morgan fingerprint density at radius 3 is 1.71 bits per heavy atom. The van der Waals surface area contributed by atoms with Crippen LogP contribution in [0, 0.1) is 0 Å². The van der Waals surface area contributed by atoms with Crippen LogP contribution in [0.2, 0.25) is 0 Å². The quantitative estimate of drug-likeness (QED) is 0.318. The largest absolute Gasteiger partial charge is 0.322 e. The van der Waals surface area contributed by atoms with Crippen LogP contribution in [0.25, 0.3) is 0 Å². The molecule has 2 nitrogen and oxygen atoms in total. The summed E-state index contributed by atoms with van der Waals surface area (Å²) < 4.78 is 10.8. The van der Waals surface area contributed by atoms with Crippen molar-refractivity contribution in [2.75, 3.05) is 13.2 Å². The Hall–Kier alpha value is 2.56. The van der Waals surface area contributed by atoms with E-state index in [-0.39, 0.29) is 51.4 Å². The molecule has 0 aliphatic carbocycles. The van der Waals surface area contributed by atoms with Crippen molar-refractivity contribution >= 4 is 81.1 Å². The van der Waals surface area contributed by atoms with Crippen LogP contribution in [-0.2, 0) is 20.9 Å². The third-order valence-electron chi connectivity index (χ3n) is 1.50. The fourth-order valence-electron chi connectivity index (χ4n) is 0.686. The van der Waals surface area contributed by atoms with Crippen LogP contribution in [-0.4, -0.2) is 64.6 Å². The average molecular weight is 281 g/mol. The van der Waals surface area contributed by atoms with Gasteiger partial charge < -0.3 is 9.05 Å². The number of hydrogen-bond acceptors (Lipinski definition) is 3. The molecule has 0 rings (SSSR count). The summed E-state index contributed by atoms with van der Waals surface area (Å²) in [5.41, 5.74) is -2.22. The molecule has 0 unspecified atom stereocenters. The molecule has 0 saturated heterocycles. The van der Waals surface area contributed by atoms with Crippen LogP contribution in [0.5, 0.6) is 0 Å². The maximum atomic E-state index is 5.38. The Morgan fingerprint density at radius 1 is 1.07 bits per heavy atom. The standard InChI is InChI=1S/C8H19O2PS2.K/c1-3-5-7-9-11(12,13)10-8-6-4-2;/h3-8H2,1-2H3,(H,12,13);. The van der Waals surface area contributed by atoms with E-state index in [9.17, 15) is 0 Å². The molecule has 6 heteroatoms. The molecule has 0 aliphatic heterocycles. The van der Waals surface area contributed by atoms with Gasteiger partial charge in [0, 0.05) is 51.4 Å². The molecule has 1 radical (unpaired) electrons. The van der Waals surface area contributed by atoms with Crippen LogP contribution in [0.4, 0.5) is 0 Å². The molecule has 14 heavy (non-hydrogen) atoms. The van der Waals surface area contributed by atoms with E-state index in [4.69, 9.17) is 20.9 Å². The van der Waals surface area contributed by atoms with Gasteiger partial charge in [-0.15, -0.1) is 0 Å². The smallest absolute Gasteiger partial charge is 0.244 e. The molecule has 0 saturated carbocycles. The van der Waals surface area contributed by atoms with Gasteiger partial charge in [0.1, 0.15) is 0 Å². The molecule has 0 bridgehead atoms. The molecule has 0 amide bonds. The van der Waals surface area contributed by atoms with E-state index in [1.54, 1.807) is 0 Å². The van der Waals surface area contributed by atoms with Gasteiger partial charge in [-0.05, 0) is 24.6 Å². The fraction of sp³-hybridized carbons (Fsp3) is 1.00. The van der Waals surface area contributed by atoms with Gasteiger partial charge in [0.15, 0.2) is 0 Å². The summed E-state index contributed by atoms with van der Waals surface area (Å²) >= 11 is 9.31. The first-order valence-corrected chi connectivity index (χ1v) is 8.53. The molecule has 81 valence electrons. The van der Waals surface area contributed by atoms with Gasteiger partial charge in [0.25, 0.3) is 0 Å². The maximum absolute atomic E-state index is 5.38. The van der Waals surface area contributed by atoms with Gasteiger partial charge in [-0.1, -0.05) is 38.9 Å². The second kappa shape index (κ2) is 12.0. The van der Waals surface area contributed by atoms with Crippen molar-refractivity contribution < 1.29 is 9.05 Å². The summed E-state index contributed by atoms with van der Waals surface area (Å²) in [5, 5.41) is 0. The van der Waals surface area contributed by atoms with Crippen molar-refractivity contribution in [3.05, 3.63) is 0 Å². The Morgan fingerprint density at radius 2 is 1.43 bits per heavy atom. The van der Waals surface area contributed by atoms with Gasteiger partial charge in [0.05, 0.1) is 13.2 Å². The van der Waals surface area contributed by atoms with Gasteiger partial charge >= 0.3 is 0 Å². The van der Waals surface area contributed by atoms with Crippen molar-refractivity contribution in [2.45, 2.75) is 39.5 Å². The number of hydrogen-bond donors (Lipinski definition) is 1. The molecular formula is C8H19KO2PS2. The summed E-state index contributed by atoms with van der Waals surface area (Å²) in [6.07, 6.45) is 4.27. The van der Waals surface area contributed by atoms with E-state index < -0.39 is 5.69 Å². The predicted molar refractivity (Wildman–Crippen MR) is 70.7 cm³/mol. The van der Waals surface area contributed by atoms with Crippen molar-refractivity contribution in [1.29, 1.82) is 0 Å². The molecule has 0 N–H and O–H groups in total. The number of thiol groups is 1. The van der Waals surface area contributed by atoms with Crippen LogP contribution < -0.4 is 0 Å². The van der Waals surface area contributed by atoms with Gasteiger partial charge in [0.2, 0.25) is 5.69 Å². The zero-order chi connectivity index (χ0) is 10.2. The number of rotatable bonds is 8. The Balaban J connectivity index is 0. The summed E-state index contributed by atoms with van der Waals surface area (Å²) in [5.74, 6) is 0. The van der Waals surface area contributed by atoms with E-state index >= 15 is 0 Å². The molecule has 0 spiro atoms. The normalized spacial score (nSPS) is 11.1. The van der Waals surface area contributed by atoms with Crippen molar-refractivity contribution in [3.63, 3.8) is 0 Å². The molecule has 0 atom stereocenters.